The molecule has 7 nitrogen and oxygen atoms in total. The molecule has 2 aromatic rings. The SMILES string of the molecule is COc1cc(Cl)c(C)cc1NC(=O)CN1CCNCC1c1nccn1C. The molecule has 26 heavy (non-hydrogen) atoms. The molecule has 1 atom stereocenters. The van der Waals surface area contributed by atoms with Crippen molar-refractivity contribution in [1.82, 2.24) is 19.8 Å². The smallest absolute Gasteiger partial charge is 0.238 e. The molecule has 0 saturated carbocycles. The van der Waals surface area contributed by atoms with Crippen LogP contribution in [0.2, 0.25) is 5.02 Å². The van der Waals surface area contributed by atoms with Gasteiger partial charge < -0.3 is 19.9 Å². The highest BCUT2D eigenvalue weighted by Gasteiger charge is 2.28. The number of imidazole rings is 1. The van der Waals surface area contributed by atoms with Crippen LogP contribution in [0.4, 0.5) is 5.69 Å². The lowest BCUT2D eigenvalue weighted by Crippen LogP contribution is -2.49. The first kappa shape index (κ1) is 18.7. The van der Waals surface area contributed by atoms with Crippen molar-refractivity contribution in [3.8, 4) is 5.75 Å². The minimum atomic E-state index is -0.0915. The number of methoxy groups -OCH3 is 1. The number of aryl methyl sites for hydroxylation is 2. The number of halogens is 1. The zero-order chi connectivity index (χ0) is 18.7. The van der Waals surface area contributed by atoms with E-state index in [-0.39, 0.29) is 18.5 Å². The van der Waals surface area contributed by atoms with Gasteiger partial charge in [-0.25, -0.2) is 4.98 Å². The number of anilines is 1. The predicted octanol–water partition coefficient (Wildman–Crippen LogP) is 1.98. The van der Waals surface area contributed by atoms with E-state index in [0.717, 1.165) is 31.0 Å². The normalized spacial score (nSPS) is 17.9. The van der Waals surface area contributed by atoms with Crippen molar-refractivity contribution in [2.75, 3.05) is 38.6 Å². The fourth-order valence-electron chi connectivity index (χ4n) is 3.19. The number of hydrogen-bond acceptors (Lipinski definition) is 5. The van der Waals surface area contributed by atoms with Crippen LogP contribution in [0.25, 0.3) is 0 Å². The number of aromatic nitrogens is 2. The average Bonchev–Trinajstić information content (AvgIpc) is 3.04. The predicted molar refractivity (Wildman–Crippen MR) is 102 cm³/mol. The van der Waals surface area contributed by atoms with Crippen molar-refractivity contribution in [3.63, 3.8) is 0 Å². The van der Waals surface area contributed by atoms with E-state index in [1.807, 2.05) is 30.8 Å². The number of piperazine rings is 1. The summed E-state index contributed by atoms with van der Waals surface area (Å²) in [5.41, 5.74) is 1.51. The van der Waals surface area contributed by atoms with Crippen molar-refractivity contribution < 1.29 is 9.53 Å². The first-order valence-corrected chi connectivity index (χ1v) is 8.93. The maximum atomic E-state index is 12.7. The van der Waals surface area contributed by atoms with E-state index in [2.05, 4.69) is 20.5 Å². The third-order valence-electron chi connectivity index (χ3n) is 4.61. The second kappa shape index (κ2) is 8.07. The van der Waals surface area contributed by atoms with Gasteiger partial charge in [0.1, 0.15) is 11.6 Å². The van der Waals surface area contributed by atoms with E-state index in [1.165, 1.54) is 0 Å². The number of carbonyl (C=O) groups is 1. The summed E-state index contributed by atoms with van der Waals surface area (Å²) in [6.45, 7) is 4.57. The van der Waals surface area contributed by atoms with E-state index in [9.17, 15) is 4.79 Å². The minimum Gasteiger partial charge on any atom is -0.495 e. The van der Waals surface area contributed by atoms with Gasteiger partial charge in [0.25, 0.3) is 0 Å². The van der Waals surface area contributed by atoms with Crippen LogP contribution in [0.5, 0.6) is 5.75 Å². The van der Waals surface area contributed by atoms with Gasteiger partial charge >= 0.3 is 0 Å². The summed E-state index contributed by atoms with van der Waals surface area (Å²) < 4.78 is 7.33. The molecule has 8 heteroatoms. The third-order valence-corrected chi connectivity index (χ3v) is 5.02. The first-order valence-electron chi connectivity index (χ1n) is 8.55. The zero-order valence-electron chi connectivity index (χ0n) is 15.3. The molecule has 0 radical (unpaired) electrons. The summed E-state index contributed by atoms with van der Waals surface area (Å²) >= 11 is 6.13. The van der Waals surface area contributed by atoms with Gasteiger partial charge in [-0.05, 0) is 18.6 Å². The van der Waals surface area contributed by atoms with E-state index in [1.54, 1.807) is 19.4 Å². The zero-order valence-corrected chi connectivity index (χ0v) is 16.0. The van der Waals surface area contributed by atoms with E-state index < -0.39 is 0 Å². The molecule has 2 N–H and O–H groups in total. The van der Waals surface area contributed by atoms with E-state index >= 15 is 0 Å². The van der Waals surface area contributed by atoms with Crippen LogP contribution in [-0.2, 0) is 11.8 Å². The highest BCUT2D eigenvalue weighted by atomic mass is 35.5. The quantitative estimate of drug-likeness (QED) is 0.833. The summed E-state index contributed by atoms with van der Waals surface area (Å²) in [5, 5.41) is 6.93. The molecule has 1 fully saturated rings. The Balaban J connectivity index is 1.73. The van der Waals surface area contributed by atoms with Gasteiger partial charge in [0.2, 0.25) is 5.91 Å². The first-order chi connectivity index (χ1) is 12.5. The largest absolute Gasteiger partial charge is 0.495 e. The average molecular weight is 378 g/mol. The molecule has 0 bridgehead atoms. The topological polar surface area (TPSA) is 71.4 Å². The van der Waals surface area contributed by atoms with Crippen molar-refractivity contribution in [2.45, 2.75) is 13.0 Å². The molecule has 2 heterocycles. The number of amides is 1. The number of rotatable bonds is 5. The highest BCUT2D eigenvalue weighted by Crippen LogP contribution is 2.31. The van der Waals surface area contributed by atoms with E-state index in [4.69, 9.17) is 16.3 Å². The van der Waals surface area contributed by atoms with Crippen LogP contribution in [0.15, 0.2) is 24.5 Å². The molecule has 1 aliphatic heterocycles. The lowest BCUT2D eigenvalue weighted by molar-refractivity contribution is -0.118. The Bertz CT molecular complexity index is 792. The third kappa shape index (κ3) is 4.00. The maximum Gasteiger partial charge on any atom is 0.238 e. The van der Waals surface area contributed by atoms with Crippen LogP contribution < -0.4 is 15.4 Å². The molecule has 1 amide bonds. The molecule has 3 rings (SSSR count). The molecule has 140 valence electrons. The van der Waals surface area contributed by atoms with Crippen molar-refractivity contribution in [2.24, 2.45) is 7.05 Å². The van der Waals surface area contributed by atoms with Gasteiger partial charge in [0.05, 0.1) is 25.4 Å². The molecular formula is C18H24ClN5O2. The van der Waals surface area contributed by atoms with Crippen molar-refractivity contribution in [3.05, 3.63) is 40.9 Å². The minimum absolute atomic E-state index is 0.0587. The molecule has 1 aromatic heterocycles. The van der Waals surface area contributed by atoms with Gasteiger partial charge in [-0.15, -0.1) is 0 Å². The Hall–Kier alpha value is -2.09. The second-order valence-electron chi connectivity index (χ2n) is 6.44. The fraction of sp³-hybridized carbons (Fsp3) is 0.444. The van der Waals surface area contributed by atoms with Crippen molar-refractivity contribution >= 4 is 23.2 Å². The maximum absolute atomic E-state index is 12.7. The Kier molecular flexibility index (Phi) is 5.80. The van der Waals surface area contributed by atoms with Crippen LogP contribution in [-0.4, -0.2) is 53.6 Å². The van der Waals surface area contributed by atoms with Crippen LogP contribution in [0.3, 0.4) is 0 Å². The fourth-order valence-corrected chi connectivity index (χ4v) is 3.35. The molecule has 1 unspecified atom stereocenters. The number of nitrogens with one attached hydrogen (secondary N) is 2. The van der Waals surface area contributed by atoms with Gasteiger partial charge in [-0.3, -0.25) is 9.69 Å². The number of hydrogen-bond donors (Lipinski definition) is 2. The van der Waals surface area contributed by atoms with Gasteiger partial charge in [0, 0.05) is 50.2 Å². The van der Waals surface area contributed by atoms with Gasteiger partial charge in [0.15, 0.2) is 0 Å². The highest BCUT2D eigenvalue weighted by molar-refractivity contribution is 6.31. The lowest BCUT2D eigenvalue weighted by atomic mass is 10.1. The molecule has 1 aromatic carbocycles. The van der Waals surface area contributed by atoms with Crippen LogP contribution >= 0.6 is 11.6 Å². The molecule has 0 spiro atoms. The lowest BCUT2D eigenvalue weighted by Gasteiger charge is -2.35. The number of carbonyl (C=O) groups excluding carboxylic acids is 1. The summed E-state index contributed by atoms with van der Waals surface area (Å²) in [6, 6.07) is 3.60. The molecule has 1 aliphatic rings. The second-order valence-corrected chi connectivity index (χ2v) is 6.84. The summed E-state index contributed by atoms with van der Waals surface area (Å²) in [4.78, 5) is 19.2. The van der Waals surface area contributed by atoms with Crippen LogP contribution in [0, 0.1) is 6.92 Å². The molecule has 0 aliphatic carbocycles. The standard InChI is InChI=1S/C18H24ClN5O2/c1-12-8-14(16(26-3)9-13(12)19)22-17(25)11-24-7-4-20-10-15(24)18-21-5-6-23(18)2/h5-6,8-9,15,20H,4,7,10-11H2,1-3H3,(H,22,25). The Labute approximate surface area is 158 Å². The number of nitrogens with zero attached hydrogens (tertiary/aromatic N) is 3. The van der Waals surface area contributed by atoms with E-state index in [0.29, 0.717) is 16.5 Å². The Morgan fingerprint density at radius 3 is 3.00 bits per heavy atom. The Morgan fingerprint density at radius 1 is 1.50 bits per heavy atom. The van der Waals surface area contributed by atoms with Gasteiger partial charge in [-0.1, -0.05) is 11.6 Å². The number of ether oxygens (including phenoxy) is 1. The number of benzene rings is 1. The van der Waals surface area contributed by atoms with Crippen molar-refractivity contribution in [1.29, 1.82) is 0 Å². The van der Waals surface area contributed by atoms with Gasteiger partial charge in [-0.2, -0.15) is 0 Å². The monoisotopic (exact) mass is 377 g/mol. The summed E-state index contributed by atoms with van der Waals surface area (Å²) in [5.74, 6) is 1.41. The Morgan fingerprint density at radius 2 is 2.31 bits per heavy atom. The molecular weight excluding hydrogens is 354 g/mol. The van der Waals surface area contributed by atoms with Crippen LogP contribution in [0.1, 0.15) is 17.4 Å². The summed E-state index contributed by atoms with van der Waals surface area (Å²) in [7, 11) is 3.53. The summed E-state index contributed by atoms with van der Waals surface area (Å²) in [6.07, 6.45) is 3.70. The molecule has 1 saturated heterocycles.